The van der Waals surface area contributed by atoms with Gasteiger partial charge >= 0.3 is 6.09 Å². The normalized spacial score (nSPS) is 13.0. The third-order valence-corrected chi connectivity index (χ3v) is 8.11. The molecule has 0 radical (unpaired) electrons. The Balaban J connectivity index is 2.80. The Kier molecular flexibility index (Phi) is 18.0. The van der Waals surface area contributed by atoms with Crippen LogP contribution >= 0.6 is 0 Å². The number of benzene rings is 1. The van der Waals surface area contributed by atoms with E-state index in [1.807, 2.05) is 71.9 Å². The molecular weight excluding hydrogens is 580 g/mol. The SMILES string of the molecule is CCC(CC)(COC(CC)(CC)COC(=O)N[C@@H](Cc1ccccc1)C(=O)NCC(=O)NCC(=O)NC(C=O)CC(C)C)OC. The lowest BCUT2D eigenvalue weighted by Gasteiger charge is -2.37. The minimum atomic E-state index is -1.04. The zero-order valence-corrected chi connectivity index (χ0v) is 28.0. The summed E-state index contributed by atoms with van der Waals surface area (Å²) in [4.78, 5) is 61.7. The molecule has 1 rings (SSSR count). The van der Waals surface area contributed by atoms with Crippen molar-refractivity contribution in [2.24, 2.45) is 5.92 Å². The summed E-state index contributed by atoms with van der Waals surface area (Å²) < 4.78 is 17.6. The summed E-state index contributed by atoms with van der Waals surface area (Å²) in [6.45, 7) is 11.4. The molecule has 12 nitrogen and oxygen atoms in total. The van der Waals surface area contributed by atoms with Gasteiger partial charge in [0.25, 0.3) is 0 Å². The van der Waals surface area contributed by atoms with Gasteiger partial charge in [-0.05, 0) is 43.6 Å². The maximum atomic E-state index is 13.1. The van der Waals surface area contributed by atoms with Gasteiger partial charge in [0.1, 0.15) is 24.5 Å². The van der Waals surface area contributed by atoms with Crippen LogP contribution in [0.3, 0.4) is 0 Å². The summed E-state index contributed by atoms with van der Waals surface area (Å²) >= 11 is 0. The molecule has 0 aromatic heterocycles. The Hall–Kier alpha value is -3.51. The Labute approximate surface area is 268 Å². The standard InChI is InChI=1S/C33H54N4O8/c1-8-32(9-2,43-7)23-45-33(10-3,11-4)22-44-31(42)37-27(18-25-15-13-12-14-16-25)30(41)35-19-28(39)34-20-29(40)36-26(21-38)17-24(5)6/h12-16,21,24,26-27H,8-11,17-20,22-23H2,1-7H3,(H,34,39)(H,35,41)(H,36,40)(H,37,42)/t26?,27-/m0/s1. The summed E-state index contributed by atoms with van der Waals surface area (Å²) in [6, 6.07) is 7.43. The molecule has 1 aromatic rings. The van der Waals surface area contributed by atoms with Gasteiger partial charge in [-0.2, -0.15) is 0 Å². The highest BCUT2D eigenvalue weighted by Crippen LogP contribution is 2.27. The second kappa shape index (κ2) is 20.5. The molecule has 0 aliphatic heterocycles. The number of hydrogen-bond donors (Lipinski definition) is 4. The molecule has 0 spiro atoms. The van der Waals surface area contributed by atoms with Crippen LogP contribution in [-0.2, 0) is 39.8 Å². The smallest absolute Gasteiger partial charge is 0.407 e. The molecule has 0 bridgehead atoms. The Morgan fingerprint density at radius 1 is 0.822 bits per heavy atom. The average molecular weight is 635 g/mol. The molecule has 0 aliphatic rings. The van der Waals surface area contributed by atoms with Crippen molar-refractivity contribution >= 4 is 30.1 Å². The van der Waals surface area contributed by atoms with E-state index in [-0.39, 0.29) is 25.5 Å². The summed E-state index contributed by atoms with van der Waals surface area (Å²) in [7, 11) is 1.66. The van der Waals surface area contributed by atoms with E-state index >= 15 is 0 Å². The van der Waals surface area contributed by atoms with Crippen LogP contribution in [0.5, 0.6) is 0 Å². The maximum absolute atomic E-state index is 13.1. The van der Waals surface area contributed by atoms with E-state index in [0.29, 0.717) is 32.2 Å². The van der Waals surface area contributed by atoms with Crippen LogP contribution in [0.25, 0.3) is 0 Å². The van der Waals surface area contributed by atoms with Crippen LogP contribution in [0.2, 0.25) is 0 Å². The van der Waals surface area contributed by atoms with Crippen molar-refractivity contribution in [1.29, 1.82) is 0 Å². The molecule has 2 atom stereocenters. The van der Waals surface area contributed by atoms with E-state index in [0.717, 1.165) is 18.4 Å². The lowest BCUT2D eigenvalue weighted by Crippen LogP contribution is -2.51. The highest BCUT2D eigenvalue weighted by Gasteiger charge is 2.35. The molecule has 4 N–H and O–H groups in total. The highest BCUT2D eigenvalue weighted by molar-refractivity contribution is 5.91. The highest BCUT2D eigenvalue weighted by atomic mass is 16.6. The largest absolute Gasteiger partial charge is 0.446 e. The monoisotopic (exact) mass is 634 g/mol. The molecule has 0 heterocycles. The van der Waals surface area contributed by atoms with Crippen LogP contribution in [-0.4, -0.2) is 86.8 Å². The first-order valence-electron chi connectivity index (χ1n) is 15.9. The lowest BCUT2D eigenvalue weighted by molar-refractivity contribution is -0.153. The molecule has 1 unspecified atom stereocenters. The first-order valence-corrected chi connectivity index (χ1v) is 15.9. The van der Waals surface area contributed by atoms with E-state index in [2.05, 4.69) is 21.3 Å². The predicted molar refractivity (Wildman–Crippen MR) is 171 cm³/mol. The zero-order valence-electron chi connectivity index (χ0n) is 28.0. The van der Waals surface area contributed by atoms with Crippen molar-refractivity contribution in [2.75, 3.05) is 33.4 Å². The van der Waals surface area contributed by atoms with Gasteiger partial charge in [-0.15, -0.1) is 0 Å². The quantitative estimate of drug-likeness (QED) is 0.142. The minimum absolute atomic E-state index is 0.0225. The van der Waals surface area contributed by atoms with Crippen LogP contribution < -0.4 is 21.3 Å². The number of carbonyl (C=O) groups excluding carboxylic acids is 5. The van der Waals surface area contributed by atoms with Crippen molar-refractivity contribution < 1.29 is 38.2 Å². The van der Waals surface area contributed by atoms with Gasteiger partial charge in [0, 0.05) is 13.5 Å². The van der Waals surface area contributed by atoms with Crippen molar-refractivity contribution in [3.63, 3.8) is 0 Å². The van der Waals surface area contributed by atoms with Gasteiger partial charge in [-0.1, -0.05) is 71.9 Å². The maximum Gasteiger partial charge on any atom is 0.407 e. The van der Waals surface area contributed by atoms with Crippen molar-refractivity contribution in [3.8, 4) is 0 Å². The number of rotatable bonds is 22. The average Bonchev–Trinajstić information content (AvgIpc) is 3.04. The molecule has 1 aromatic carbocycles. The molecule has 0 aliphatic carbocycles. The van der Waals surface area contributed by atoms with Crippen LogP contribution in [0, 0.1) is 5.92 Å². The van der Waals surface area contributed by atoms with Gasteiger partial charge in [-0.25, -0.2) is 4.79 Å². The van der Waals surface area contributed by atoms with Gasteiger partial charge in [-0.3, -0.25) is 14.4 Å². The molecular formula is C33H54N4O8. The first-order chi connectivity index (χ1) is 21.4. The summed E-state index contributed by atoms with van der Waals surface area (Å²) in [5.41, 5.74) is -0.369. The third-order valence-electron chi connectivity index (χ3n) is 8.11. The number of methoxy groups -OCH3 is 1. The number of hydrogen-bond acceptors (Lipinski definition) is 8. The van der Waals surface area contributed by atoms with Crippen LogP contribution in [0.1, 0.15) is 79.2 Å². The summed E-state index contributed by atoms with van der Waals surface area (Å²) in [5.74, 6) is -1.52. The van der Waals surface area contributed by atoms with Crippen LogP contribution in [0.4, 0.5) is 4.79 Å². The van der Waals surface area contributed by atoms with Gasteiger partial charge in [0.15, 0.2) is 0 Å². The number of alkyl carbamates (subject to hydrolysis) is 1. The zero-order chi connectivity index (χ0) is 33.9. The van der Waals surface area contributed by atoms with Crippen molar-refractivity contribution in [3.05, 3.63) is 35.9 Å². The molecule has 254 valence electrons. The first kappa shape index (κ1) is 39.5. The predicted octanol–water partition coefficient (Wildman–Crippen LogP) is 3.07. The number of amides is 4. The molecule has 4 amide bonds. The Bertz CT molecular complexity index is 1050. The van der Waals surface area contributed by atoms with Crippen molar-refractivity contribution in [2.45, 2.75) is 103 Å². The van der Waals surface area contributed by atoms with E-state index in [1.54, 1.807) is 7.11 Å². The molecule has 0 saturated heterocycles. The van der Waals surface area contributed by atoms with E-state index in [1.165, 1.54) is 0 Å². The Morgan fingerprint density at radius 3 is 1.96 bits per heavy atom. The lowest BCUT2D eigenvalue weighted by atomic mass is 9.95. The number of aldehydes is 1. The second-order valence-corrected chi connectivity index (χ2v) is 11.7. The third kappa shape index (κ3) is 14.4. The van der Waals surface area contributed by atoms with E-state index in [4.69, 9.17) is 14.2 Å². The fourth-order valence-corrected chi connectivity index (χ4v) is 4.67. The second-order valence-electron chi connectivity index (χ2n) is 11.7. The topological polar surface area (TPSA) is 161 Å². The Morgan fingerprint density at radius 2 is 1.42 bits per heavy atom. The fourth-order valence-electron chi connectivity index (χ4n) is 4.67. The fraction of sp³-hybridized carbons (Fsp3) is 0.667. The van der Waals surface area contributed by atoms with Crippen molar-refractivity contribution in [1.82, 2.24) is 21.3 Å². The number of carbonyl (C=O) groups is 5. The van der Waals surface area contributed by atoms with Gasteiger partial charge < -0.3 is 40.3 Å². The summed E-state index contributed by atoms with van der Waals surface area (Å²) in [6.07, 6.45) is 3.23. The van der Waals surface area contributed by atoms with E-state index in [9.17, 15) is 24.0 Å². The number of ether oxygens (including phenoxy) is 3. The number of nitrogens with one attached hydrogen (secondary N) is 4. The molecule has 12 heteroatoms. The van der Waals surface area contributed by atoms with Crippen LogP contribution in [0.15, 0.2) is 30.3 Å². The van der Waals surface area contributed by atoms with Gasteiger partial charge in [0.2, 0.25) is 17.7 Å². The minimum Gasteiger partial charge on any atom is -0.446 e. The molecule has 0 fully saturated rings. The van der Waals surface area contributed by atoms with Gasteiger partial charge in [0.05, 0.1) is 31.3 Å². The van der Waals surface area contributed by atoms with E-state index < -0.39 is 53.6 Å². The summed E-state index contributed by atoms with van der Waals surface area (Å²) in [5, 5.41) is 10.1. The molecule has 45 heavy (non-hydrogen) atoms. The molecule has 0 saturated carbocycles.